The zero-order valence-corrected chi connectivity index (χ0v) is 9.06. The number of carboxylic acid groups (broad SMARTS) is 1. The molecule has 2 atom stereocenters. The van der Waals surface area contributed by atoms with Crippen molar-refractivity contribution in [3.8, 4) is 0 Å². The monoisotopic (exact) mass is 226 g/mol. The zero-order valence-electron chi connectivity index (χ0n) is 9.06. The Morgan fingerprint density at radius 1 is 1.44 bits per heavy atom. The first kappa shape index (κ1) is 12.6. The maximum atomic E-state index is 13.4. The van der Waals surface area contributed by atoms with Crippen LogP contribution in [-0.4, -0.2) is 22.8 Å². The molecule has 1 aromatic carbocycles. The molecule has 16 heavy (non-hydrogen) atoms. The molecule has 0 aliphatic carbocycles. The van der Waals surface area contributed by atoms with Crippen LogP contribution >= 0.6 is 0 Å². The predicted molar refractivity (Wildman–Crippen MR) is 57.6 cm³/mol. The topological polar surface area (TPSA) is 57.5 Å². The number of carbonyl (C=O) groups is 1. The van der Waals surface area contributed by atoms with E-state index in [4.69, 9.17) is 10.2 Å². The smallest absolute Gasteiger partial charge is 0.311 e. The van der Waals surface area contributed by atoms with E-state index in [-0.39, 0.29) is 24.5 Å². The first-order valence-corrected chi connectivity index (χ1v) is 5.14. The zero-order chi connectivity index (χ0) is 12.1. The van der Waals surface area contributed by atoms with Crippen molar-refractivity contribution in [2.75, 3.05) is 6.61 Å². The molecule has 3 nitrogen and oxygen atoms in total. The van der Waals surface area contributed by atoms with E-state index in [0.29, 0.717) is 0 Å². The summed E-state index contributed by atoms with van der Waals surface area (Å²) in [6.07, 6.45) is 0.229. The third-order valence-corrected chi connectivity index (χ3v) is 2.53. The maximum absolute atomic E-state index is 13.4. The van der Waals surface area contributed by atoms with Crippen LogP contribution in [0.4, 0.5) is 4.39 Å². The fourth-order valence-corrected chi connectivity index (χ4v) is 1.60. The lowest BCUT2D eigenvalue weighted by molar-refractivity contribution is -0.139. The van der Waals surface area contributed by atoms with Crippen LogP contribution in [0.1, 0.15) is 24.8 Å². The Labute approximate surface area is 93.5 Å². The molecule has 0 aliphatic rings. The molecule has 0 radical (unpaired) electrons. The van der Waals surface area contributed by atoms with Crippen molar-refractivity contribution in [3.63, 3.8) is 0 Å². The molecule has 0 amide bonds. The number of halogens is 1. The minimum atomic E-state index is -1.06. The summed E-state index contributed by atoms with van der Waals surface area (Å²) < 4.78 is 13.4. The SMILES string of the molecule is CC(CO)CC(C(=O)O)c1ccccc1F. The average molecular weight is 226 g/mol. The van der Waals surface area contributed by atoms with Crippen LogP contribution in [0.15, 0.2) is 24.3 Å². The number of hydrogen-bond donors (Lipinski definition) is 2. The van der Waals surface area contributed by atoms with Gasteiger partial charge >= 0.3 is 5.97 Å². The van der Waals surface area contributed by atoms with Crippen LogP contribution in [0, 0.1) is 11.7 Å². The quantitative estimate of drug-likeness (QED) is 0.807. The Kier molecular flexibility index (Phi) is 4.43. The van der Waals surface area contributed by atoms with E-state index in [2.05, 4.69) is 0 Å². The molecule has 4 heteroatoms. The number of rotatable bonds is 5. The molecule has 0 aliphatic heterocycles. The van der Waals surface area contributed by atoms with Crippen LogP contribution < -0.4 is 0 Å². The Balaban J connectivity index is 2.94. The lowest BCUT2D eigenvalue weighted by Crippen LogP contribution is -2.17. The van der Waals surface area contributed by atoms with Gasteiger partial charge in [0.1, 0.15) is 5.82 Å². The molecule has 0 heterocycles. The second kappa shape index (κ2) is 5.61. The number of benzene rings is 1. The molecule has 0 fully saturated rings. The Morgan fingerprint density at radius 3 is 2.56 bits per heavy atom. The van der Waals surface area contributed by atoms with Crippen LogP contribution in [0.2, 0.25) is 0 Å². The minimum Gasteiger partial charge on any atom is -0.481 e. The summed E-state index contributed by atoms with van der Waals surface area (Å²) in [7, 11) is 0. The van der Waals surface area contributed by atoms with E-state index in [1.807, 2.05) is 0 Å². The van der Waals surface area contributed by atoms with E-state index in [1.54, 1.807) is 13.0 Å². The molecule has 0 aromatic heterocycles. The first-order chi connectivity index (χ1) is 7.56. The summed E-state index contributed by atoms with van der Waals surface area (Å²) in [6, 6.07) is 5.85. The van der Waals surface area contributed by atoms with Crippen molar-refractivity contribution in [2.45, 2.75) is 19.3 Å². The average Bonchev–Trinajstić information content (AvgIpc) is 2.26. The standard InChI is InChI=1S/C12H15FO3/c1-8(7-14)6-10(12(15)16)9-4-2-3-5-11(9)13/h2-5,8,10,14H,6-7H2,1H3,(H,15,16). The molecule has 0 bridgehead atoms. The normalized spacial score (nSPS) is 14.4. The van der Waals surface area contributed by atoms with Gasteiger partial charge in [0.2, 0.25) is 0 Å². The number of carboxylic acids is 1. The Bertz CT molecular complexity index is 365. The van der Waals surface area contributed by atoms with E-state index < -0.39 is 17.7 Å². The van der Waals surface area contributed by atoms with Gasteiger partial charge in [-0.1, -0.05) is 25.1 Å². The lowest BCUT2D eigenvalue weighted by Gasteiger charge is -2.16. The van der Waals surface area contributed by atoms with E-state index >= 15 is 0 Å². The number of aliphatic carboxylic acids is 1. The summed E-state index contributed by atoms with van der Waals surface area (Å²) >= 11 is 0. The first-order valence-electron chi connectivity index (χ1n) is 5.14. The fraction of sp³-hybridized carbons (Fsp3) is 0.417. The Hall–Kier alpha value is -1.42. The summed E-state index contributed by atoms with van der Waals surface area (Å²) in [4.78, 5) is 11.1. The van der Waals surface area contributed by atoms with Gasteiger partial charge < -0.3 is 10.2 Å². The van der Waals surface area contributed by atoms with Crippen LogP contribution in [0.3, 0.4) is 0 Å². The summed E-state index contributed by atoms with van der Waals surface area (Å²) in [5.74, 6) is -2.64. The van der Waals surface area contributed by atoms with Gasteiger partial charge in [-0.15, -0.1) is 0 Å². The molecule has 2 N–H and O–H groups in total. The van der Waals surface area contributed by atoms with Gasteiger partial charge in [-0.2, -0.15) is 0 Å². The van der Waals surface area contributed by atoms with Gasteiger partial charge in [-0.3, -0.25) is 4.79 Å². The summed E-state index contributed by atoms with van der Waals surface area (Å²) in [6.45, 7) is 1.63. The lowest BCUT2D eigenvalue weighted by atomic mass is 9.89. The summed E-state index contributed by atoms with van der Waals surface area (Å²) in [5, 5.41) is 17.9. The van der Waals surface area contributed by atoms with Gasteiger partial charge in [0.05, 0.1) is 5.92 Å². The van der Waals surface area contributed by atoms with Gasteiger partial charge in [-0.25, -0.2) is 4.39 Å². The third-order valence-electron chi connectivity index (χ3n) is 2.53. The molecule has 1 aromatic rings. The Morgan fingerprint density at radius 2 is 2.06 bits per heavy atom. The van der Waals surface area contributed by atoms with Crippen molar-refractivity contribution in [1.29, 1.82) is 0 Å². The van der Waals surface area contributed by atoms with E-state index in [1.165, 1.54) is 18.2 Å². The van der Waals surface area contributed by atoms with Crippen LogP contribution in [0.25, 0.3) is 0 Å². The fourth-order valence-electron chi connectivity index (χ4n) is 1.60. The van der Waals surface area contributed by atoms with Crippen LogP contribution in [0.5, 0.6) is 0 Å². The largest absolute Gasteiger partial charge is 0.481 e. The second-order valence-corrected chi connectivity index (χ2v) is 3.94. The van der Waals surface area contributed by atoms with Gasteiger partial charge in [0.15, 0.2) is 0 Å². The highest BCUT2D eigenvalue weighted by atomic mass is 19.1. The molecule has 88 valence electrons. The molecule has 1 rings (SSSR count). The molecule has 0 saturated carbocycles. The minimum absolute atomic E-state index is 0.0990. The third kappa shape index (κ3) is 3.03. The highest BCUT2D eigenvalue weighted by molar-refractivity contribution is 5.76. The van der Waals surface area contributed by atoms with Crippen molar-refractivity contribution >= 4 is 5.97 Å². The van der Waals surface area contributed by atoms with Gasteiger partial charge in [0, 0.05) is 12.2 Å². The molecular formula is C12H15FO3. The number of aliphatic hydroxyl groups is 1. The maximum Gasteiger partial charge on any atom is 0.311 e. The number of hydrogen-bond acceptors (Lipinski definition) is 2. The van der Waals surface area contributed by atoms with E-state index in [0.717, 1.165) is 0 Å². The van der Waals surface area contributed by atoms with Crippen molar-refractivity contribution in [2.24, 2.45) is 5.92 Å². The van der Waals surface area contributed by atoms with Crippen molar-refractivity contribution in [1.82, 2.24) is 0 Å². The molecule has 0 saturated heterocycles. The van der Waals surface area contributed by atoms with Crippen molar-refractivity contribution in [3.05, 3.63) is 35.6 Å². The van der Waals surface area contributed by atoms with Gasteiger partial charge in [-0.05, 0) is 18.4 Å². The van der Waals surface area contributed by atoms with Crippen molar-refractivity contribution < 1.29 is 19.4 Å². The van der Waals surface area contributed by atoms with Crippen LogP contribution in [-0.2, 0) is 4.79 Å². The van der Waals surface area contributed by atoms with E-state index in [9.17, 15) is 9.18 Å². The highest BCUT2D eigenvalue weighted by Gasteiger charge is 2.24. The second-order valence-electron chi connectivity index (χ2n) is 3.94. The van der Waals surface area contributed by atoms with Gasteiger partial charge in [0.25, 0.3) is 0 Å². The molecule has 0 spiro atoms. The number of aliphatic hydroxyl groups excluding tert-OH is 1. The predicted octanol–water partition coefficient (Wildman–Crippen LogP) is 2.01. The molecule has 2 unspecified atom stereocenters. The molecular weight excluding hydrogens is 211 g/mol. The highest BCUT2D eigenvalue weighted by Crippen LogP contribution is 2.26. The summed E-state index contributed by atoms with van der Waals surface area (Å²) in [5.41, 5.74) is 0.176.